The zero-order valence-electron chi connectivity index (χ0n) is 8.52. The number of rotatable bonds is 3. The summed E-state index contributed by atoms with van der Waals surface area (Å²) in [5, 5.41) is 18.2. The largest absolute Gasteiger partial charge is 0.507 e. The zero-order chi connectivity index (χ0) is 11.4. The van der Waals surface area contributed by atoms with E-state index in [-0.39, 0.29) is 11.3 Å². The van der Waals surface area contributed by atoms with Gasteiger partial charge in [0.15, 0.2) is 0 Å². The maximum atomic E-state index is 10.6. The first kappa shape index (κ1) is 11.1. The lowest BCUT2D eigenvalue weighted by atomic mass is 10.1. The molecule has 0 heterocycles. The molecule has 1 aromatic carbocycles. The first-order valence-electron chi connectivity index (χ1n) is 4.34. The first-order chi connectivity index (χ1) is 7.06. The fraction of sp³-hybridized carbons (Fsp3) is 0.182. The number of carbonyl (C=O) groups is 1. The SMILES string of the molecule is COc1cccc(O)c1/C=C(\C)C(=O)O. The van der Waals surface area contributed by atoms with Gasteiger partial charge in [0.1, 0.15) is 11.5 Å². The second-order valence-electron chi connectivity index (χ2n) is 3.03. The molecular weight excluding hydrogens is 196 g/mol. The molecule has 0 aliphatic rings. The monoisotopic (exact) mass is 208 g/mol. The average molecular weight is 208 g/mol. The molecule has 0 aromatic heterocycles. The van der Waals surface area contributed by atoms with E-state index >= 15 is 0 Å². The predicted molar refractivity (Wildman–Crippen MR) is 55.9 cm³/mol. The van der Waals surface area contributed by atoms with E-state index in [0.717, 1.165) is 0 Å². The van der Waals surface area contributed by atoms with Crippen molar-refractivity contribution in [1.29, 1.82) is 0 Å². The van der Waals surface area contributed by atoms with Gasteiger partial charge in [-0.2, -0.15) is 0 Å². The van der Waals surface area contributed by atoms with Crippen molar-refractivity contribution in [3.05, 3.63) is 29.3 Å². The minimum absolute atomic E-state index is 0.00468. The summed E-state index contributed by atoms with van der Waals surface area (Å²) in [7, 11) is 1.46. The highest BCUT2D eigenvalue weighted by Crippen LogP contribution is 2.29. The van der Waals surface area contributed by atoms with Crippen LogP contribution < -0.4 is 4.74 Å². The summed E-state index contributed by atoms with van der Waals surface area (Å²) in [5.41, 5.74) is 0.509. The van der Waals surface area contributed by atoms with Crippen LogP contribution in [0.4, 0.5) is 0 Å². The minimum Gasteiger partial charge on any atom is -0.507 e. The Morgan fingerprint density at radius 2 is 2.13 bits per heavy atom. The molecule has 0 unspecified atom stereocenters. The zero-order valence-corrected chi connectivity index (χ0v) is 8.52. The number of phenols is 1. The molecule has 1 aromatic rings. The van der Waals surface area contributed by atoms with Gasteiger partial charge in [0, 0.05) is 5.57 Å². The van der Waals surface area contributed by atoms with Gasteiger partial charge in [0.25, 0.3) is 0 Å². The number of aliphatic carboxylic acids is 1. The Morgan fingerprint density at radius 1 is 1.47 bits per heavy atom. The molecule has 2 N–H and O–H groups in total. The van der Waals surface area contributed by atoms with Crippen molar-refractivity contribution in [3.63, 3.8) is 0 Å². The van der Waals surface area contributed by atoms with E-state index in [1.54, 1.807) is 12.1 Å². The van der Waals surface area contributed by atoms with Crippen LogP contribution in [0.25, 0.3) is 6.08 Å². The Morgan fingerprint density at radius 3 is 2.67 bits per heavy atom. The Hall–Kier alpha value is -1.97. The van der Waals surface area contributed by atoms with E-state index in [2.05, 4.69) is 0 Å². The summed E-state index contributed by atoms with van der Waals surface area (Å²) in [5.74, 6) is -0.592. The van der Waals surface area contributed by atoms with E-state index in [4.69, 9.17) is 9.84 Å². The van der Waals surface area contributed by atoms with Gasteiger partial charge >= 0.3 is 5.97 Å². The van der Waals surface area contributed by atoms with Crippen LogP contribution in [0.1, 0.15) is 12.5 Å². The smallest absolute Gasteiger partial charge is 0.331 e. The maximum Gasteiger partial charge on any atom is 0.331 e. The second kappa shape index (κ2) is 4.50. The molecule has 0 aliphatic carbocycles. The van der Waals surface area contributed by atoms with Crippen LogP contribution in [0.2, 0.25) is 0 Å². The summed E-state index contributed by atoms with van der Waals surface area (Å²) in [6.07, 6.45) is 1.37. The Labute approximate surface area is 87.4 Å². The summed E-state index contributed by atoms with van der Waals surface area (Å²) in [4.78, 5) is 10.6. The normalized spacial score (nSPS) is 11.2. The van der Waals surface area contributed by atoms with Crippen LogP contribution >= 0.6 is 0 Å². The number of ether oxygens (including phenoxy) is 1. The molecule has 0 aliphatic heterocycles. The Bertz CT molecular complexity index is 407. The van der Waals surface area contributed by atoms with Gasteiger partial charge in [-0.15, -0.1) is 0 Å². The van der Waals surface area contributed by atoms with Gasteiger partial charge in [-0.25, -0.2) is 4.79 Å². The van der Waals surface area contributed by atoms with Crippen LogP contribution in [0.5, 0.6) is 11.5 Å². The maximum absolute atomic E-state index is 10.6. The third kappa shape index (κ3) is 2.49. The molecule has 0 saturated heterocycles. The summed E-state index contributed by atoms with van der Waals surface area (Å²) >= 11 is 0. The van der Waals surface area contributed by atoms with Crippen molar-refractivity contribution in [3.8, 4) is 11.5 Å². The number of aromatic hydroxyl groups is 1. The highest BCUT2D eigenvalue weighted by atomic mass is 16.5. The lowest BCUT2D eigenvalue weighted by Crippen LogP contribution is -1.96. The van der Waals surface area contributed by atoms with Gasteiger partial charge in [-0.3, -0.25) is 0 Å². The number of hydrogen-bond acceptors (Lipinski definition) is 3. The number of phenolic OH excluding ortho intramolecular Hbond substituents is 1. The van der Waals surface area contributed by atoms with Gasteiger partial charge in [0.2, 0.25) is 0 Å². The van der Waals surface area contributed by atoms with Crippen molar-refractivity contribution in [1.82, 2.24) is 0 Å². The molecule has 15 heavy (non-hydrogen) atoms. The van der Waals surface area contributed by atoms with Gasteiger partial charge in [0.05, 0.1) is 12.7 Å². The predicted octanol–water partition coefficient (Wildman–Crippen LogP) is 1.89. The third-order valence-electron chi connectivity index (χ3n) is 1.96. The van der Waals surface area contributed by atoms with Gasteiger partial charge in [-0.1, -0.05) is 6.07 Å². The molecule has 4 nitrogen and oxygen atoms in total. The molecule has 0 spiro atoms. The highest BCUT2D eigenvalue weighted by Gasteiger charge is 2.08. The van der Waals surface area contributed by atoms with Crippen LogP contribution in [-0.4, -0.2) is 23.3 Å². The van der Waals surface area contributed by atoms with Crippen molar-refractivity contribution >= 4 is 12.0 Å². The standard InChI is InChI=1S/C11H12O4/c1-7(11(13)14)6-8-9(12)4-3-5-10(8)15-2/h3-6,12H,1-2H3,(H,13,14)/b7-6+. The van der Waals surface area contributed by atoms with Crippen molar-refractivity contribution < 1.29 is 19.7 Å². The molecule has 4 heteroatoms. The average Bonchev–Trinajstić information content (AvgIpc) is 2.20. The molecule has 0 fully saturated rings. The van der Waals surface area contributed by atoms with E-state index < -0.39 is 5.97 Å². The Balaban J connectivity index is 3.24. The number of carboxylic acid groups (broad SMARTS) is 1. The van der Waals surface area contributed by atoms with Crippen molar-refractivity contribution in [2.24, 2.45) is 0 Å². The quantitative estimate of drug-likeness (QED) is 0.744. The number of benzene rings is 1. The third-order valence-corrected chi connectivity index (χ3v) is 1.96. The summed E-state index contributed by atoms with van der Waals surface area (Å²) in [6.45, 7) is 1.45. The molecule has 0 bridgehead atoms. The second-order valence-corrected chi connectivity index (χ2v) is 3.03. The lowest BCUT2D eigenvalue weighted by Gasteiger charge is -2.06. The van der Waals surface area contributed by atoms with Gasteiger partial charge in [-0.05, 0) is 25.1 Å². The minimum atomic E-state index is -1.03. The van der Waals surface area contributed by atoms with Crippen LogP contribution in [-0.2, 0) is 4.79 Å². The molecule has 0 radical (unpaired) electrons. The van der Waals surface area contributed by atoms with E-state index in [9.17, 15) is 9.90 Å². The van der Waals surface area contributed by atoms with Crippen LogP contribution in [0.3, 0.4) is 0 Å². The van der Waals surface area contributed by atoms with Crippen molar-refractivity contribution in [2.75, 3.05) is 7.11 Å². The summed E-state index contributed by atoms with van der Waals surface area (Å²) < 4.78 is 5.01. The van der Waals surface area contributed by atoms with Gasteiger partial charge < -0.3 is 14.9 Å². The number of hydrogen-bond donors (Lipinski definition) is 2. The Kier molecular flexibility index (Phi) is 3.33. The fourth-order valence-corrected chi connectivity index (χ4v) is 1.13. The molecule has 0 amide bonds. The molecular formula is C11H12O4. The fourth-order valence-electron chi connectivity index (χ4n) is 1.13. The lowest BCUT2D eigenvalue weighted by molar-refractivity contribution is -0.132. The van der Waals surface area contributed by atoms with Crippen LogP contribution in [0, 0.1) is 0 Å². The highest BCUT2D eigenvalue weighted by molar-refractivity contribution is 5.92. The van der Waals surface area contributed by atoms with Crippen LogP contribution in [0.15, 0.2) is 23.8 Å². The first-order valence-corrected chi connectivity index (χ1v) is 4.34. The van der Waals surface area contributed by atoms with E-state index in [0.29, 0.717) is 11.3 Å². The molecule has 80 valence electrons. The topological polar surface area (TPSA) is 66.8 Å². The summed E-state index contributed by atoms with van der Waals surface area (Å²) in [6, 6.07) is 4.76. The van der Waals surface area contributed by atoms with Crippen molar-refractivity contribution in [2.45, 2.75) is 6.92 Å². The number of carboxylic acids is 1. The molecule has 1 rings (SSSR count). The van der Waals surface area contributed by atoms with E-state index in [1.807, 2.05) is 0 Å². The molecule has 0 atom stereocenters. The molecule has 0 saturated carbocycles. The number of methoxy groups -OCH3 is 1. The van der Waals surface area contributed by atoms with E-state index in [1.165, 1.54) is 26.2 Å².